The van der Waals surface area contributed by atoms with Crippen LogP contribution in [-0.2, 0) is 9.84 Å². The standard InChI is InChI=1S/C13H19Cl2N3O2S/c1-3-4-16-12-10(14)7-11(15)13(17-12)18-5-6-21(19,20)8-9(18)2/h7,9H,3-6,8H2,1-2H3,(H,16,17). The lowest BCUT2D eigenvalue weighted by Crippen LogP contribution is -2.47. The molecule has 2 rings (SSSR count). The van der Waals surface area contributed by atoms with Crippen molar-refractivity contribution in [3.63, 3.8) is 0 Å². The van der Waals surface area contributed by atoms with Gasteiger partial charge in [-0.05, 0) is 19.4 Å². The van der Waals surface area contributed by atoms with Crippen LogP contribution in [0.25, 0.3) is 0 Å². The largest absolute Gasteiger partial charge is 0.369 e. The quantitative estimate of drug-likeness (QED) is 0.903. The molecule has 0 aromatic carbocycles. The zero-order chi connectivity index (χ0) is 15.6. The fourth-order valence-corrected chi connectivity index (χ4v) is 4.43. The second kappa shape index (κ2) is 6.58. The van der Waals surface area contributed by atoms with Crippen molar-refractivity contribution >= 4 is 44.7 Å². The Labute approximate surface area is 135 Å². The van der Waals surface area contributed by atoms with Crippen molar-refractivity contribution in [3.8, 4) is 0 Å². The number of halogens is 2. The van der Waals surface area contributed by atoms with Gasteiger partial charge >= 0.3 is 0 Å². The molecule has 1 aliphatic heterocycles. The van der Waals surface area contributed by atoms with E-state index in [4.69, 9.17) is 23.2 Å². The van der Waals surface area contributed by atoms with E-state index in [-0.39, 0.29) is 17.5 Å². The van der Waals surface area contributed by atoms with Crippen LogP contribution >= 0.6 is 23.2 Å². The lowest BCUT2D eigenvalue weighted by atomic mass is 10.3. The normalized spacial score (nSPS) is 21.3. The van der Waals surface area contributed by atoms with E-state index in [0.717, 1.165) is 13.0 Å². The van der Waals surface area contributed by atoms with E-state index in [1.54, 1.807) is 6.07 Å². The zero-order valence-electron chi connectivity index (χ0n) is 12.1. The van der Waals surface area contributed by atoms with Crippen LogP contribution in [0.3, 0.4) is 0 Å². The molecule has 0 radical (unpaired) electrons. The van der Waals surface area contributed by atoms with E-state index in [0.29, 0.717) is 28.2 Å². The van der Waals surface area contributed by atoms with Crippen LogP contribution in [0.15, 0.2) is 6.07 Å². The average Bonchev–Trinajstić information content (AvgIpc) is 2.38. The van der Waals surface area contributed by atoms with Crippen molar-refractivity contribution in [2.45, 2.75) is 26.3 Å². The fraction of sp³-hybridized carbons (Fsp3) is 0.615. The minimum atomic E-state index is -2.97. The highest BCUT2D eigenvalue weighted by molar-refractivity contribution is 7.91. The van der Waals surface area contributed by atoms with Crippen molar-refractivity contribution in [2.24, 2.45) is 0 Å². The van der Waals surface area contributed by atoms with Crippen molar-refractivity contribution in [3.05, 3.63) is 16.1 Å². The first kappa shape index (κ1) is 16.6. The van der Waals surface area contributed by atoms with Gasteiger partial charge < -0.3 is 10.2 Å². The Bertz CT molecular complexity index is 622. The Hall–Kier alpha value is -0.720. The average molecular weight is 352 g/mol. The summed E-state index contributed by atoms with van der Waals surface area (Å²) in [6, 6.07) is 1.49. The summed E-state index contributed by atoms with van der Waals surface area (Å²) in [4.78, 5) is 6.41. The molecular weight excluding hydrogens is 333 g/mol. The Morgan fingerprint density at radius 2 is 2.14 bits per heavy atom. The van der Waals surface area contributed by atoms with Gasteiger partial charge in [-0.25, -0.2) is 13.4 Å². The van der Waals surface area contributed by atoms with Crippen LogP contribution < -0.4 is 10.2 Å². The summed E-state index contributed by atoms with van der Waals surface area (Å²) in [6.45, 7) is 5.07. The highest BCUT2D eigenvalue weighted by Crippen LogP contribution is 2.33. The molecule has 1 aromatic rings. The molecule has 0 bridgehead atoms. The van der Waals surface area contributed by atoms with Crippen molar-refractivity contribution in [1.29, 1.82) is 0 Å². The van der Waals surface area contributed by atoms with E-state index < -0.39 is 9.84 Å². The van der Waals surface area contributed by atoms with E-state index >= 15 is 0 Å². The van der Waals surface area contributed by atoms with Crippen LogP contribution in [0.2, 0.25) is 10.0 Å². The van der Waals surface area contributed by atoms with Gasteiger partial charge in [0, 0.05) is 19.1 Å². The molecule has 1 unspecified atom stereocenters. The molecule has 8 heteroatoms. The smallest absolute Gasteiger partial charge is 0.154 e. The number of pyridine rings is 1. The van der Waals surface area contributed by atoms with Crippen LogP contribution in [0.1, 0.15) is 20.3 Å². The second-order valence-corrected chi connectivity index (χ2v) is 8.25. The van der Waals surface area contributed by atoms with Crippen molar-refractivity contribution in [1.82, 2.24) is 4.98 Å². The SMILES string of the molecule is CCCNc1nc(N2CCS(=O)(=O)CC2C)c(Cl)cc1Cl. The number of nitrogens with one attached hydrogen (secondary N) is 1. The number of aromatic nitrogens is 1. The maximum atomic E-state index is 11.7. The highest BCUT2D eigenvalue weighted by Gasteiger charge is 2.30. The van der Waals surface area contributed by atoms with E-state index in [1.807, 2.05) is 11.8 Å². The summed E-state index contributed by atoms with van der Waals surface area (Å²) >= 11 is 12.4. The number of rotatable bonds is 4. The maximum Gasteiger partial charge on any atom is 0.154 e. The summed E-state index contributed by atoms with van der Waals surface area (Å²) in [6.07, 6.45) is 0.953. The maximum absolute atomic E-state index is 11.7. The first-order chi connectivity index (χ1) is 9.84. The van der Waals surface area contributed by atoms with Gasteiger partial charge in [-0.1, -0.05) is 30.1 Å². The summed E-state index contributed by atoms with van der Waals surface area (Å²) in [5.74, 6) is 1.40. The molecule has 5 nitrogen and oxygen atoms in total. The molecule has 0 aliphatic carbocycles. The minimum Gasteiger partial charge on any atom is -0.369 e. The van der Waals surface area contributed by atoms with Crippen molar-refractivity contribution in [2.75, 3.05) is 34.8 Å². The molecule has 118 valence electrons. The number of hydrogen-bond acceptors (Lipinski definition) is 5. The molecule has 1 aliphatic rings. The first-order valence-corrected chi connectivity index (χ1v) is 9.48. The molecule has 0 amide bonds. The number of sulfone groups is 1. The minimum absolute atomic E-state index is 0.116. The van der Waals surface area contributed by atoms with E-state index in [9.17, 15) is 8.42 Å². The predicted molar refractivity (Wildman–Crippen MR) is 88.5 cm³/mol. The molecule has 1 fully saturated rings. The number of anilines is 2. The van der Waals surface area contributed by atoms with Gasteiger partial charge in [0.2, 0.25) is 0 Å². The third-order valence-electron chi connectivity index (χ3n) is 3.40. The van der Waals surface area contributed by atoms with Crippen LogP contribution in [0.5, 0.6) is 0 Å². The number of hydrogen-bond donors (Lipinski definition) is 1. The summed E-state index contributed by atoms with van der Waals surface area (Å²) in [5, 5.41) is 4.06. The van der Waals surface area contributed by atoms with Gasteiger partial charge in [-0.3, -0.25) is 0 Å². The van der Waals surface area contributed by atoms with Gasteiger partial charge in [-0.2, -0.15) is 0 Å². The Morgan fingerprint density at radius 1 is 1.43 bits per heavy atom. The molecule has 0 saturated carbocycles. The molecule has 1 aromatic heterocycles. The molecule has 0 spiro atoms. The third kappa shape index (κ3) is 3.93. The Balaban J connectivity index is 2.30. The summed E-state index contributed by atoms with van der Waals surface area (Å²) in [7, 11) is -2.97. The molecule has 2 heterocycles. The molecule has 1 N–H and O–H groups in total. The lowest BCUT2D eigenvalue weighted by Gasteiger charge is -2.34. The predicted octanol–water partition coefficient (Wildman–Crippen LogP) is 2.83. The van der Waals surface area contributed by atoms with E-state index in [2.05, 4.69) is 17.2 Å². The third-order valence-corrected chi connectivity index (χ3v) is 5.76. The van der Waals surface area contributed by atoms with Gasteiger partial charge in [0.05, 0.1) is 21.6 Å². The van der Waals surface area contributed by atoms with Crippen LogP contribution in [0, 0.1) is 0 Å². The summed E-state index contributed by atoms with van der Waals surface area (Å²) in [5.41, 5.74) is 0. The first-order valence-electron chi connectivity index (χ1n) is 6.91. The Kier molecular flexibility index (Phi) is 5.22. The second-order valence-electron chi connectivity index (χ2n) is 5.21. The monoisotopic (exact) mass is 351 g/mol. The summed E-state index contributed by atoms with van der Waals surface area (Å²) < 4.78 is 23.3. The topological polar surface area (TPSA) is 62.3 Å². The van der Waals surface area contributed by atoms with E-state index in [1.165, 1.54) is 0 Å². The molecule has 21 heavy (non-hydrogen) atoms. The van der Waals surface area contributed by atoms with Gasteiger partial charge in [0.1, 0.15) is 11.6 Å². The van der Waals surface area contributed by atoms with Crippen molar-refractivity contribution < 1.29 is 8.42 Å². The zero-order valence-corrected chi connectivity index (χ0v) is 14.4. The molecule has 1 saturated heterocycles. The highest BCUT2D eigenvalue weighted by atomic mass is 35.5. The van der Waals surface area contributed by atoms with Crippen LogP contribution in [-0.4, -0.2) is 44.0 Å². The van der Waals surface area contributed by atoms with Crippen LogP contribution in [0.4, 0.5) is 11.6 Å². The molecule has 1 atom stereocenters. The van der Waals surface area contributed by atoms with Gasteiger partial charge in [0.15, 0.2) is 9.84 Å². The van der Waals surface area contributed by atoms with Gasteiger partial charge in [0.25, 0.3) is 0 Å². The number of nitrogens with zero attached hydrogens (tertiary/aromatic N) is 2. The van der Waals surface area contributed by atoms with Gasteiger partial charge in [-0.15, -0.1) is 0 Å². The lowest BCUT2D eigenvalue weighted by molar-refractivity contribution is 0.567. The molecular formula is C13H19Cl2N3O2S. The fourth-order valence-electron chi connectivity index (χ4n) is 2.34. The Morgan fingerprint density at radius 3 is 2.76 bits per heavy atom.